The van der Waals surface area contributed by atoms with Crippen LogP contribution in [0.3, 0.4) is 0 Å². The van der Waals surface area contributed by atoms with Crippen LogP contribution >= 0.6 is 35.8 Å². The van der Waals surface area contributed by atoms with E-state index >= 15 is 0 Å². The second-order valence-electron chi connectivity index (χ2n) is 3.28. The van der Waals surface area contributed by atoms with Gasteiger partial charge in [0.15, 0.2) is 0 Å². The Bertz CT molecular complexity index is 611. The standard InChI is InChI=1S/C12H8N4S3/c1-16-10(12(15)18)5-9-3-2-8(19-9)4-7(6-13)11(14)17/h2-5H,(H2,14,17)(H2,15,18)/b7-4+,10-5-. The highest BCUT2D eigenvalue weighted by molar-refractivity contribution is 7.81. The van der Waals surface area contributed by atoms with E-state index in [-0.39, 0.29) is 21.2 Å². The van der Waals surface area contributed by atoms with E-state index in [1.807, 2.05) is 6.07 Å². The molecule has 1 rings (SSSR count). The molecule has 1 heterocycles. The Morgan fingerprint density at radius 2 is 1.84 bits per heavy atom. The van der Waals surface area contributed by atoms with E-state index in [4.69, 9.17) is 47.7 Å². The van der Waals surface area contributed by atoms with Crippen molar-refractivity contribution in [3.63, 3.8) is 0 Å². The van der Waals surface area contributed by atoms with Gasteiger partial charge in [-0.05, 0) is 24.3 Å². The lowest BCUT2D eigenvalue weighted by Crippen LogP contribution is -2.09. The van der Waals surface area contributed by atoms with E-state index in [1.54, 1.807) is 24.3 Å². The van der Waals surface area contributed by atoms with Crippen LogP contribution in [0.2, 0.25) is 0 Å². The first kappa shape index (κ1) is 15.0. The van der Waals surface area contributed by atoms with Crippen molar-refractivity contribution in [2.24, 2.45) is 11.5 Å². The predicted molar refractivity (Wildman–Crippen MR) is 86.1 cm³/mol. The Morgan fingerprint density at radius 3 is 2.26 bits per heavy atom. The minimum absolute atomic E-state index is 0.0537. The third-order valence-electron chi connectivity index (χ3n) is 1.97. The molecule has 94 valence electrons. The van der Waals surface area contributed by atoms with Gasteiger partial charge in [0.2, 0.25) is 5.70 Å². The monoisotopic (exact) mass is 304 g/mol. The number of hydrogen-bond donors (Lipinski definition) is 2. The lowest BCUT2D eigenvalue weighted by atomic mass is 10.2. The molecule has 0 atom stereocenters. The number of nitriles is 1. The van der Waals surface area contributed by atoms with Gasteiger partial charge in [-0.15, -0.1) is 11.3 Å². The van der Waals surface area contributed by atoms with Crippen molar-refractivity contribution in [1.29, 1.82) is 5.26 Å². The normalized spacial score (nSPS) is 11.5. The Balaban J connectivity index is 3.09. The number of rotatable bonds is 4. The van der Waals surface area contributed by atoms with Gasteiger partial charge < -0.3 is 11.5 Å². The zero-order valence-corrected chi connectivity index (χ0v) is 12.0. The van der Waals surface area contributed by atoms with Crippen LogP contribution in [0.5, 0.6) is 0 Å². The Kier molecular flexibility index (Phi) is 5.34. The first-order valence-electron chi connectivity index (χ1n) is 4.88. The minimum atomic E-state index is 0.0537. The summed E-state index contributed by atoms with van der Waals surface area (Å²) in [4.78, 5) is 4.97. The van der Waals surface area contributed by atoms with Crippen LogP contribution in [-0.2, 0) is 0 Å². The van der Waals surface area contributed by atoms with Gasteiger partial charge in [-0.1, -0.05) is 24.4 Å². The van der Waals surface area contributed by atoms with Crippen LogP contribution in [0.1, 0.15) is 9.75 Å². The fourth-order valence-electron chi connectivity index (χ4n) is 1.12. The zero-order valence-electron chi connectivity index (χ0n) is 9.58. The van der Waals surface area contributed by atoms with Crippen LogP contribution < -0.4 is 11.5 Å². The van der Waals surface area contributed by atoms with Gasteiger partial charge in [0.1, 0.15) is 16.0 Å². The fraction of sp³-hybridized carbons (Fsp3) is 0. The summed E-state index contributed by atoms with van der Waals surface area (Å²) < 4.78 is 0. The molecule has 4 N–H and O–H groups in total. The van der Waals surface area contributed by atoms with Crippen molar-refractivity contribution < 1.29 is 0 Å². The van der Waals surface area contributed by atoms with E-state index in [1.165, 1.54) is 11.3 Å². The quantitative estimate of drug-likeness (QED) is 0.386. The largest absolute Gasteiger partial charge is 0.399 e. The molecule has 0 fully saturated rings. The number of hydrogen-bond acceptors (Lipinski definition) is 4. The summed E-state index contributed by atoms with van der Waals surface area (Å²) in [6, 6.07) is 5.53. The number of thiophene rings is 1. The van der Waals surface area contributed by atoms with Gasteiger partial charge in [-0.25, -0.2) is 4.85 Å². The third-order valence-corrected chi connectivity index (χ3v) is 3.38. The molecule has 1 aromatic heterocycles. The molecule has 0 bridgehead atoms. The maximum Gasteiger partial charge on any atom is 0.221 e. The molecule has 0 aromatic carbocycles. The maximum absolute atomic E-state index is 8.85. The van der Waals surface area contributed by atoms with Gasteiger partial charge in [-0.3, -0.25) is 0 Å². The summed E-state index contributed by atoms with van der Waals surface area (Å²) >= 11 is 10.9. The zero-order chi connectivity index (χ0) is 14.4. The molecular weight excluding hydrogens is 296 g/mol. The highest BCUT2D eigenvalue weighted by Gasteiger charge is 2.04. The third kappa shape index (κ3) is 4.27. The summed E-state index contributed by atoms with van der Waals surface area (Å²) in [7, 11) is 0. The Labute approximate surface area is 125 Å². The smallest absolute Gasteiger partial charge is 0.221 e. The minimum Gasteiger partial charge on any atom is -0.399 e. The van der Waals surface area contributed by atoms with Crippen LogP contribution in [0.15, 0.2) is 23.4 Å². The molecule has 0 amide bonds. The molecule has 0 aliphatic heterocycles. The van der Waals surface area contributed by atoms with E-state index in [0.717, 1.165) is 9.75 Å². The van der Waals surface area contributed by atoms with Gasteiger partial charge in [0, 0.05) is 9.75 Å². The number of nitrogens with two attached hydrogens (primary N) is 2. The predicted octanol–water partition coefficient (Wildman–Crippen LogP) is 2.49. The molecule has 0 unspecified atom stereocenters. The lowest BCUT2D eigenvalue weighted by Gasteiger charge is -1.93. The first-order chi connectivity index (χ1) is 8.97. The van der Waals surface area contributed by atoms with Crippen molar-refractivity contribution in [2.75, 3.05) is 0 Å². The molecule has 0 aliphatic rings. The van der Waals surface area contributed by atoms with Crippen LogP contribution in [0.4, 0.5) is 0 Å². The molecular formula is C12H8N4S3. The van der Waals surface area contributed by atoms with Crippen LogP contribution in [0.25, 0.3) is 17.0 Å². The van der Waals surface area contributed by atoms with E-state index in [9.17, 15) is 0 Å². The second-order valence-corrected chi connectivity index (χ2v) is 5.31. The van der Waals surface area contributed by atoms with Gasteiger partial charge in [-0.2, -0.15) is 5.26 Å². The van der Waals surface area contributed by atoms with E-state index in [0.29, 0.717) is 0 Å². The summed E-state index contributed by atoms with van der Waals surface area (Å²) in [5.41, 5.74) is 11.3. The van der Waals surface area contributed by atoms with Crippen molar-refractivity contribution >= 4 is 57.9 Å². The van der Waals surface area contributed by atoms with E-state index in [2.05, 4.69) is 4.85 Å². The fourth-order valence-corrected chi connectivity index (χ4v) is 2.22. The molecule has 0 saturated heterocycles. The molecule has 0 saturated carbocycles. The first-order valence-corrected chi connectivity index (χ1v) is 6.51. The average Bonchev–Trinajstić information content (AvgIpc) is 2.79. The summed E-state index contributed by atoms with van der Waals surface area (Å²) in [6.45, 7) is 6.95. The SMILES string of the molecule is [C-]#[N+]/C(=C\c1ccc(/C=C(\C#N)C(N)=S)s1)C(N)=S. The van der Waals surface area contributed by atoms with Crippen molar-refractivity contribution in [2.45, 2.75) is 0 Å². The lowest BCUT2D eigenvalue weighted by molar-refractivity contribution is 1.52. The Hall–Kier alpha value is -2.06. The highest BCUT2D eigenvalue weighted by Crippen LogP contribution is 2.22. The van der Waals surface area contributed by atoms with Crippen molar-refractivity contribution in [1.82, 2.24) is 0 Å². The highest BCUT2D eigenvalue weighted by atomic mass is 32.1. The molecule has 1 aromatic rings. The van der Waals surface area contributed by atoms with Crippen molar-refractivity contribution in [3.8, 4) is 6.07 Å². The summed E-state index contributed by atoms with van der Waals surface area (Å²) in [6.07, 6.45) is 3.20. The molecule has 0 radical (unpaired) electrons. The van der Waals surface area contributed by atoms with Gasteiger partial charge >= 0.3 is 0 Å². The number of nitrogens with zero attached hydrogens (tertiary/aromatic N) is 2. The topological polar surface area (TPSA) is 80.2 Å². The van der Waals surface area contributed by atoms with Gasteiger partial charge in [0.25, 0.3) is 0 Å². The maximum atomic E-state index is 8.85. The summed E-state index contributed by atoms with van der Waals surface area (Å²) in [5.74, 6) is 0. The number of thiocarbonyl (C=S) groups is 2. The van der Waals surface area contributed by atoms with E-state index < -0.39 is 0 Å². The molecule has 0 aliphatic carbocycles. The average molecular weight is 304 g/mol. The molecule has 4 nitrogen and oxygen atoms in total. The Morgan fingerprint density at radius 1 is 1.26 bits per heavy atom. The molecule has 0 spiro atoms. The van der Waals surface area contributed by atoms with Crippen molar-refractivity contribution in [3.05, 3.63) is 44.6 Å². The second kappa shape index (κ2) is 6.76. The van der Waals surface area contributed by atoms with Gasteiger partial charge in [0.05, 0.1) is 12.1 Å². The van der Waals surface area contributed by atoms with Crippen LogP contribution in [-0.4, -0.2) is 9.98 Å². The summed E-state index contributed by atoms with van der Waals surface area (Å²) in [5, 5.41) is 8.85. The van der Waals surface area contributed by atoms with Crippen LogP contribution in [0, 0.1) is 17.9 Å². The molecule has 7 heteroatoms. The molecule has 19 heavy (non-hydrogen) atoms.